The Morgan fingerprint density at radius 3 is 1.98 bits per heavy atom. The Labute approximate surface area is 354 Å². The standard InChI is InChI=1S/C46H44BrF6NO5Si/c1-27(19-28-20-32(47)16-17-38(28)55)15-18-39-40-29(25-59-60(44(2,3)4,34-11-7-5-8-12-34)35-13-9-6-10-14-35)21-36-41(37(40)26-58-39)43(57)54(42(36)56)33-23-30(45(48,49)50)22-31(24-33)46(51,52)53/h5-14,16-17,19-20,22-24,36-37,39,41,55H,15,18,21,25-26H2,1-4H3/b27-19+/t36-,37+,39-,41-/m1/s1. The Hall–Kier alpha value is -4.50. The molecule has 4 aromatic carbocycles. The number of fused-ring (bicyclic) bond motifs is 3. The van der Waals surface area contributed by atoms with Gasteiger partial charge < -0.3 is 14.3 Å². The van der Waals surface area contributed by atoms with Crippen molar-refractivity contribution in [1.29, 1.82) is 0 Å². The topological polar surface area (TPSA) is 76.1 Å². The van der Waals surface area contributed by atoms with E-state index in [1.807, 2.05) is 73.7 Å². The summed E-state index contributed by atoms with van der Waals surface area (Å²) in [5.41, 5.74) is -0.973. The number of carbonyl (C=O) groups excluding carboxylic acids is 2. The van der Waals surface area contributed by atoms with Gasteiger partial charge in [0.05, 0.1) is 48.0 Å². The number of anilines is 1. The molecule has 0 bridgehead atoms. The van der Waals surface area contributed by atoms with Crippen LogP contribution >= 0.6 is 15.9 Å². The van der Waals surface area contributed by atoms with Crippen LogP contribution in [0.3, 0.4) is 0 Å². The molecule has 0 unspecified atom stereocenters. The molecule has 2 amide bonds. The molecule has 0 aromatic heterocycles. The normalized spacial score (nSPS) is 21.4. The molecule has 1 aliphatic carbocycles. The van der Waals surface area contributed by atoms with Crippen molar-refractivity contribution >= 4 is 58.2 Å². The highest BCUT2D eigenvalue weighted by Crippen LogP contribution is 2.52. The zero-order valence-electron chi connectivity index (χ0n) is 33.3. The van der Waals surface area contributed by atoms with Crippen LogP contribution in [-0.2, 0) is 31.1 Å². The first-order chi connectivity index (χ1) is 28.2. The minimum Gasteiger partial charge on any atom is -0.507 e. The van der Waals surface area contributed by atoms with Gasteiger partial charge in [-0.05, 0) is 89.1 Å². The number of imide groups is 1. The van der Waals surface area contributed by atoms with Crippen molar-refractivity contribution in [2.45, 2.75) is 70.5 Å². The third-order valence-corrected chi connectivity index (χ3v) is 17.4. The van der Waals surface area contributed by atoms with Crippen LogP contribution in [0, 0.1) is 17.8 Å². The molecule has 2 heterocycles. The highest BCUT2D eigenvalue weighted by atomic mass is 79.9. The molecule has 1 N–H and O–H groups in total. The van der Waals surface area contributed by atoms with Crippen LogP contribution in [-0.4, -0.2) is 44.6 Å². The second-order valence-electron chi connectivity index (χ2n) is 16.8. The molecule has 2 saturated heterocycles. The van der Waals surface area contributed by atoms with Crippen molar-refractivity contribution in [1.82, 2.24) is 0 Å². The first-order valence-electron chi connectivity index (χ1n) is 19.6. The Kier molecular flexibility index (Phi) is 11.9. The number of alkyl halides is 6. The summed E-state index contributed by atoms with van der Waals surface area (Å²) in [5.74, 6) is -4.45. The first kappa shape index (κ1) is 43.6. The number of phenols is 1. The third-order valence-electron chi connectivity index (χ3n) is 11.9. The van der Waals surface area contributed by atoms with Crippen molar-refractivity contribution in [3.05, 3.63) is 135 Å². The van der Waals surface area contributed by atoms with E-state index in [9.17, 15) is 41.0 Å². The maximum Gasteiger partial charge on any atom is 0.416 e. The summed E-state index contributed by atoms with van der Waals surface area (Å²) in [6.45, 7) is 8.36. The number of phenolic OH excluding ortho intramolecular Hbond substituents is 1. The van der Waals surface area contributed by atoms with Crippen molar-refractivity contribution < 1.29 is 50.2 Å². The summed E-state index contributed by atoms with van der Waals surface area (Å²) in [5, 5.41) is 12.1. The lowest BCUT2D eigenvalue weighted by molar-refractivity contribution is -0.143. The Morgan fingerprint density at radius 1 is 0.850 bits per heavy atom. The van der Waals surface area contributed by atoms with E-state index in [4.69, 9.17) is 9.16 Å². The van der Waals surface area contributed by atoms with E-state index in [2.05, 4.69) is 36.7 Å². The molecule has 0 radical (unpaired) electrons. The van der Waals surface area contributed by atoms with E-state index in [-0.39, 0.29) is 31.5 Å². The Morgan fingerprint density at radius 2 is 1.43 bits per heavy atom. The Bertz CT molecular complexity index is 2270. The largest absolute Gasteiger partial charge is 0.507 e. The van der Waals surface area contributed by atoms with Crippen LogP contribution in [0.25, 0.3) is 6.08 Å². The molecule has 0 spiro atoms. The predicted octanol–water partition coefficient (Wildman–Crippen LogP) is 10.5. The number of aromatic hydroxyl groups is 1. The summed E-state index contributed by atoms with van der Waals surface area (Å²) in [7, 11) is -3.15. The summed E-state index contributed by atoms with van der Waals surface area (Å²) < 4.78 is 98.4. The molecule has 3 aliphatic rings. The van der Waals surface area contributed by atoms with Gasteiger partial charge in [0, 0.05) is 16.0 Å². The summed E-state index contributed by atoms with van der Waals surface area (Å²) in [4.78, 5) is 29.2. The van der Waals surface area contributed by atoms with Crippen LogP contribution in [0.5, 0.6) is 5.75 Å². The molecule has 4 aromatic rings. The number of hydrogen-bond acceptors (Lipinski definition) is 5. The fourth-order valence-corrected chi connectivity index (χ4v) is 14.1. The molecule has 7 rings (SSSR count). The van der Waals surface area contributed by atoms with E-state index >= 15 is 0 Å². The van der Waals surface area contributed by atoms with Gasteiger partial charge in [-0.15, -0.1) is 0 Å². The van der Waals surface area contributed by atoms with Gasteiger partial charge in [0.15, 0.2) is 0 Å². The average molecular weight is 913 g/mol. The van der Waals surface area contributed by atoms with Crippen LogP contribution in [0.4, 0.5) is 32.0 Å². The quantitative estimate of drug-likeness (QED) is 0.0743. The maximum absolute atomic E-state index is 14.4. The first-order valence-corrected chi connectivity index (χ1v) is 22.3. The van der Waals surface area contributed by atoms with Crippen molar-refractivity contribution in [2.75, 3.05) is 18.1 Å². The zero-order valence-corrected chi connectivity index (χ0v) is 35.9. The fourth-order valence-electron chi connectivity index (χ4n) is 9.22. The second kappa shape index (κ2) is 16.4. The van der Waals surface area contributed by atoms with Crippen LogP contribution in [0.1, 0.15) is 63.6 Å². The van der Waals surface area contributed by atoms with Gasteiger partial charge in [0.2, 0.25) is 11.8 Å². The summed E-state index contributed by atoms with van der Waals surface area (Å²) in [6.07, 6.45) is -8.04. The molecule has 14 heteroatoms. The minimum atomic E-state index is -5.18. The summed E-state index contributed by atoms with van der Waals surface area (Å²) >= 11 is 3.44. The molecular weight excluding hydrogens is 868 g/mol. The van der Waals surface area contributed by atoms with E-state index in [1.165, 1.54) is 0 Å². The van der Waals surface area contributed by atoms with Crippen LogP contribution in [0.15, 0.2) is 118 Å². The number of allylic oxidation sites excluding steroid dienone is 1. The number of carbonyl (C=O) groups is 2. The van der Waals surface area contributed by atoms with Gasteiger partial charge in [0.1, 0.15) is 5.75 Å². The van der Waals surface area contributed by atoms with Gasteiger partial charge >= 0.3 is 12.4 Å². The number of rotatable bonds is 10. The van der Waals surface area contributed by atoms with Gasteiger partial charge in [0.25, 0.3) is 8.32 Å². The van der Waals surface area contributed by atoms with Gasteiger partial charge in [-0.3, -0.25) is 9.59 Å². The molecule has 316 valence electrons. The summed E-state index contributed by atoms with van der Waals surface area (Å²) in [6, 6.07) is 25.8. The van der Waals surface area contributed by atoms with Crippen molar-refractivity contribution in [3.63, 3.8) is 0 Å². The van der Waals surface area contributed by atoms with Crippen LogP contribution in [0.2, 0.25) is 5.04 Å². The average Bonchev–Trinajstić information content (AvgIpc) is 3.72. The lowest BCUT2D eigenvalue weighted by Crippen LogP contribution is -2.66. The number of amides is 2. The molecule has 2 fully saturated rings. The monoisotopic (exact) mass is 911 g/mol. The van der Waals surface area contributed by atoms with Gasteiger partial charge in [-0.2, -0.15) is 26.3 Å². The SMILES string of the molecule is C/C(=C\c1cc(Br)ccc1O)CC[C@H]1OC[C@H]2C1=C(CO[Si](c1ccccc1)(c1ccccc1)C(C)(C)C)C[C@H]1C(=O)N(c3cc(C(F)(F)F)cc(C(F)(F)F)c3)C(=O)[C@H]12. The van der Waals surface area contributed by atoms with Crippen molar-refractivity contribution in [3.8, 4) is 5.75 Å². The van der Waals surface area contributed by atoms with E-state index in [0.29, 0.717) is 35.4 Å². The fraction of sp³-hybridized carbons (Fsp3) is 0.348. The van der Waals surface area contributed by atoms with E-state index < -0.39 is 78.2 Å². The smallest absolute Gasteiger partial charge is 0.416 e. The minimum absolute atomic E-state index is 0.00145. The number of benzene rings is 4. The van der Waals surface area contributed by atoms with Crippen LogP contribution < -0.4 is 15.3 Å². The number of nitrogens with zero attached hydrogens (tertiary/aromatic N) is 1. The van der Waals surface area contributed by atoms with Gasteiger partial charge in [-0.25, -0.2) is 4.90 Å². The predicted molar refractivity (Wildman–Crippen MR) is 223 cm³/mol. The zero-order chi connectivity index (χ0) is 43.4. The number of hydrogen-bond donors (Lipinski definition) is 1. The molecule has 60 heavy (non-hydrogen) atoms. The Balaban J connectivity index is 1.30. The maximum atomic E-state index is 14.4. The number of ether oxygens (including phenoxy) is 1. The molecule has 0 saturated carbocycles. The molecule has 2 aliphatic heterocycles. The van der Waals surface area contributed by atoms with Crippen molar-refractivity contribution in [2.24, 2.45) is 17.8 Å². The lowest BCUT2D eigenvalue weighted by Gasteiger charge is -2.44. The number of halogens is 7. The lowest BCUT2D eigenvalue weighted by atomic mass is 9.69. The molecular formula is C46H44BrF6NO5Si. The van der Waals surface area contributed by atoms with E-state index in [0.717, 1.165) is 31.6 Å². The third kappa shape index (κ3) is 8.27. The van der Waals surface area contributed by atoms with Gasteiger partial charge in [-0.1, -0.05) is 109 Å². The highest BCUT2D eigenvalue weighted by molar-refractivity contribution is 9.10. The molecule has 6 nitrogen and oxygen atoms in total. The second-order valence-corrected chi connectivity index (χ2v) is 22.0. The highest BCUT2D eigenvalue weighted by Gasteiger charge is 2.58. The van der Waals surface area contributed by atoms with E-state index in [1.54, 1.807) is 18.2 Å². The molecule has 4 atom stereocenters.